The summed E-state index contributed by atoms with van der Waals surface area (Å²) in [5.41, 5.74) is 1.87. The first kappa shape index (κ1) is 15.5. The van der Waals surface area contributed by atoms with Gasteiger partial charge < -0.3 is 14.8 Å². The summed E-state index contributed by atoms with van der Waals surface area (Å²) in [5, 5.41) is 8.34. The Morgan fingerprint density at radius 1 is 1.33 bits per heavy atom. The maximum Gasteiger partial charge on any atom is 0.244 e. The topological polar surface area (TPSA) is 65.4 Å². The quantitative estimate of drug-likeness (QED) is 0.822. The zero-order valence-electron chi connectivity index (χ0n) is 12.8. The molecule has 21 heavy (non-hydrogen) atoms. The summed E-state index contributed by atoms with van der Waals surface area (Å²) in [5.74, 6) is -0.123. The number of aryl methyl sites for hydroxylation is 1. The number of hydrogen-bond donors (Lipinski definition) is 1. The van der Waals surface area contributed by atoms with Crippen LogP contribution in [0.3, 0.4) is 0 Å². The molecule has 0 spiro atoms. The summed E-state index contributed by atoms with van der Waals surface area (Å²) in [4.78, 5) is 12.2. The molecule has 6 nitrogen and oxygen atoms in total. The highest BCUT2D eigenvalue weighted by molar-refractivity contribution is 5.86. The SMILES string of the molecule is COC(CNC(=O)[C@H](C)n1nc(C)c2ccccc21)OC. The van der Waals surface area contributed by atoms with Gasteiger partial charge in [0.15, 0.2) is 6.29 Å². The highest BCUT2D eigenvalue weighted by Crippen LogP contribution is 2.21. The van der Waals surface area contributed by atoms with E-state index in [1.165, 1.54) is 14.2 Å². The van der Waals surface area contributed by atoms with Gasteiger partial charge in [-0.05, 0) is 19.9 Å². The Labute approximate surface area is 124 Å². The van der Waals surface area contributed by atoms with Gasteiger partial charge in [0.1, 0.15) is 6.04 Å². The van der Waals surface area contributed by atoms with Crippen molar-refractivity contribution in [1.29, 1.82) is 0 Å². The number of amides is 1. The predicted molar refractivity (Wildman–Crippen MR) is 80.0 cm³/mol. The molecule has 0 aliphatic carbocycles. The van der Waals surface area contributed by atoms with Crippen LogP contribution in [0, 0.1) is 6.92 Å². The zero-order valence-corrected chi connectivity index (χ0v) is 12.8. The summed E-state index contributed by atoms with van der Waals surface area (Å²) in [6, 6.07) is 7.47. The van der Waals surface area contributed by atoms with E-state index in [1.54, 1.807) is 4.68 Å². The van der Waals surface area contributed by atoms with Crippen LogP contribution >= 0.6 is 0 Å². The number of carbonyl (C=O) groups is 1. The fourth-order valence-corrected chi connectivity index (χ4v) is 2.25. The number of benzene rings is 1. The van der Waals surface area contributed by atoms with Gasteiger partial charge in [-0.3, -0.25) is 9.48 Å². The molecule has 1 aromatic carbocycles. The molecule has 0 radical (unpaired) electrons. The van der Waals surface area contributed by atoms with Crippen molar-refractivity contribution >= 4 is 16.8 Å². The van der Waals surface area contributed by atoms with Gasteiger partial charge in [0.25, 0.3) is 0 Å². The molecule has 0 saturated heterocycles. The third kappa shape index (κ3) is 3.22. The fourth-order valence-electron chi connectivity index (χ4n) is 2.25. The normalized spacial score (nSPS) is 12.8. The van der Waals surface area contributed by atoms with Gasteiger partial charge in [-0.15, -0.1) is 0 Å². The average molecular weight is 291 g/mol. The smallest absolute Gasteiger partial charge is 0.244 e. The monoisotopic (exact) mass is 291 g/mol. The van der Waals surface area contributed by atoms with Crippen molar-refractivity contribution in [3.8, 4) is 0 Å². The lowest BCUT2D eigenvalue weighted by Crippen LogP contribution is -2.38. The van der Waals surface area contributed by atoms with Crippen molar-refractivity contribution in [2.75, 3.05) is 20.8 Å². The van der Waals surface area contributed by atoms with Crippen LogP contribution in [0.2, 0.25) is 0 Å². The van der Waals surface area contributed by atoms with Crippen LogP contribution in [0.15, 0.2) is 24.3 Å². The first-order valence-electron chi connectivity index (χ1n) is 6.85. The van der Waals surface area contributed by atoms with Crippen LogP contribution in [-0.2, 0) is 14.3 Å². The number of hydrogen-bond acceptors (Lipinski definition) is 4. The molecule has 6 heteroatoms. The van der Waals surface area contributed by atoms with Crippen molar-refractivity contribution in [3.05, 3.63) is 30.0 Å². The Bertz CT molecular complexity index is 620. The lowest BCUT2D eigenvalue weighted by molar-refractivity contribution is -0.130. The average Bonchev–Trinajstić information content (AvgIpc) is 2.85. The molecule has 1 aromatic heterocycles. The van der Waals surface area contributed by atoms with Gasteiger partial charge >= 0.3 is 0 Å². The molecular formula is C15H21N3O3. The molecule has 1 heterocycles. The minimum atomic E-state index is -0.447. The first-order chi connectivity index (χ1) is 10.1. The van der Waals surface area contributed by atoms with Crippen LogP contribution in [0.5, 0.6) is 0 Å². The minimum Gasteiger partial charge on any atom is -0.354 e. The molecular weight excluding hydrogens is 270 g/mol. The van der Waals surface area contributed by atoms with Gasteiger partial charge in [0.2, 0.25) is 5.91 Å². The zero-order chi connectivity index (χ0) is 15.4. The minimum absolute atomic E-state index is 0.123. The lowest BCUT2D eigenvalue weighted by atomic mass is 10.2. The number of para-hydroxylation sites is 1. The predicted octanol–water partition coefficient (Wildman–Crippen LogP) is 1.64. The molecule has 1 atom stereocenters. The fraction of sp³-hybridized carbons (Fsp3) is 0.467. The van der Waals surface area contributed by atoms with Crippen LogP contribution in [-0.4, -0.2) is 42.7 Å². The molecule has 114 valence electrons. The number of nitrogens with zero attached hydrogens (tertiary/aromatic N) is 2. The van der Waals surface area contributed by atoms with E-state index in [0.29, 0.717) is 6.54 Å². The number of nitrogens with one attached hydrogen (secondary N) is 1. The number of rotatable bonds is 6. The summed E-state index contributed by atoms with van der Waals surface area (Å²) in [7, 11) is 3.07. The largest absolute Gasteiger partial charge is 0.354 e. The van der Waals surface area contributed by atoms with Gasteiger partial charge in [-0.1, -0.05) is 18.2 Å². The van der Waals surface area contributed by atoms with E-state index >= 15 is 0 Å². The molecule has 2 aromatic rings. The molecule has 0 aliphatic heterocycles. The van der Waals surface area contributed by atoms with Crippen LogP contribution in [0.25, 0.3) is 10.9 Å². The van der Waals surface area contributed by atoms with Crippen molar-refractivity contribution in [2.45, 2.75) is 26.2 Å². The number of aromatic nitrogens is 2. The molecule has 0 unspecified atom stereocenters. The van der Waals surface area contributed by atoms with Crippen LogP contribution < -0.4 is 5.32 Å². The van der Waals surface area contributed by atoms with Crippen molar-refractivity contribution in [1.82, 2.24) is 15.1 Å². The summed E-state index contributed by atoms with van der Waals surface area (Å²) >= 11 is 0. The maximum absolute atomic E-state index is 12.2. The number of carbonyl (C=O) groups excluding carboxylic acids is 1. The molecule has 0 aliphatic rings. The summed E-state index contributed by atoms with van der Waals surface area (Å²) in [6.45, 7) is 4.06. The Morgan fingerprint density at radius 2 is 2.00 bits per heavy atom. The molecule has 2 rings (SSSR count). The van der Waals surface area contributed by atoms with E-state index in [9.17, 15) is 4.79 Å². The Morgan fingerprint density at radius 3 is 2.67 bits per heavy atom. The van der Waals surface area contributed by atoms with Crippen molar-refractivity contribution in [3.63, 3.8) is 0 Å². The van der Waals surface area contributed by atoms with E-state index < -0.39 is 12.3 Å². The molecule has 0 saturated carbocycles. The van der Waals surface area contributed by atoms with Gasteiger partial charge in [-0.25, -0.2) is 0 Å². The third-order valence-electron chi connectivity index (χ3n) is 3.51. The van der Waals surface area contributed by atoms with Crippen molar-refractivity contribution < 1.29 is 14.3 Å². The Kier molecular flexibility index (Phi) is 4.93. The highest BCUT2D eigenvalue weighted by atomic mass is 16.7. The summed E-state index contributed by atoms with van der Waals surface area (Å²) in [6.07, 6.45) is -0.447. The summed E-state index contributed by atoms with van der Waals surface area (Å²) < 4.78 is 11.8. The van der Waals surface area contributed by atoms with Gasteiger partial charge in [-0.2, -0.15) is 5.10 Å². The second kappa shape index (κ2) is 6.69. The van der Waals surface area contributed by atoms with E-state index in [4.69, 9.17) is 9.47 Å². The van der Waals surface area contributed by atoms with Crippen LogP contribution in [0.4, 0.5) is 0 Å². The van der Waals surface area contributed by atoms with Crippen molar-refractivity contribution in [2.24, 2.45) is 0 Å². The first-order valence-corrected chi connectivity index (χ1v) is 6.85. The highest BCUT2D eigenvalue weighted by Gasteiger charge is 2.20. The third-order valence-corrected chi connectivity index (χ3v) is 3.51. The number of fused-ring (bicyclic) bond motifs is 1. The van der Waals surface area contributed by atoms with E-state index in [1.807, 2.05) is 38.1 Å². The second-order valence-electron chi connectivity index (χ2n) is 4.87. The van der Waals surface area contributed by atoms with Gasteiger partial charge in [0, 0.05) is 19.6 Å². The lowest BCUT2D eigenvalue weighted by Gasteiger charge is -2.17. The Hall–Kier alpha value is -1.92. The van der Waals surface area contributed by atoms with E-state index in [-0.39, 0.29) is 5.91 Å². The number of methoxy groups -OCH3 is 2. The maximum atomic E-state index is 12.2. The second-order valence-corrected chi connectivity index (χ2v) is 4.87. The number of ether oxygens (including phenoxy) is 2. The molecule has 0 bridgehead atoms. The molecule has 1 N–H and O–H groups in total. The van der Waals surface area contributed by atoms with Crippen LogP contribution in [0.1, 0.15) is 18.7 Å². The van der Waals surface area contributed by atoms with Gasteiger partial charge in [0.05, 0.1) is 17.8 Å². The standard InChI is InChI=1S/C15H21N3O3/c1-10-12-7-5-6-8-13(12)18(17-10)11(2)15(19)16-9-14(20-3)21-4/h5-8,11,14H,9H2,1-4H3,(H,16,19)/t11-/m0/s1. The molecule has 1 amide bonds. The van der Waals surface area contributed by atoms with E-state index in [0.717, 1.165) is 16.6 Å². The van der Waals surface area contributed by atoms with E-state index in [2.05, 4.69) is 10.4 Å². The Balaban J connectivity index is 2.14. The molecule has 0 fully saturated rings.